The number of aromatic nitrogens is 2. The standard InChI is InChI=1S/C18H25FN2O3.C16H21FN2O3/c1-2-24-18(23)16(9-13-3-4-13)21-10-14(5-6-17(21)22)7-8-20-11-15(19)12-20;17-13-9-18(10-13)6-5-12-3-4-15(20)19(8-12)14(16(21)22)7-11-1-2-11/h5-6,10,13,15-16H,2-4,7-9,11-12H2,1H3;3-4,8,11,13-14H,1-2,5-7,9-10H2,(H,21,22). The van der Waals surface area contributed by atoms with Gasteiger partial charge in [0.15, 0.2) is 0 Å². The van der Waals surface area contributed by atoms with Gasteiger partial charge in [-0.05, 0) is 55.6 Å². The van der Waals surface area contributed by atoms with E-state index in [0.717, 1.165) is 56.3 Å². The summed E-state index contributed by atoms with van der Waals surface area (Å²) in [5.41, 5.74) is 1.46. The molecule has 4 heterocycles. The lowest BCUT2D eigenvalue weighted by Gasteiger charge is -2.34. The van der Waals surface area contributed by atoms with Gasteiger partial charge in [-0.2, -0.15) is 0 Å². The number of aliphatic carboxylic acids is 1. The van der Waals surface area contributed by atoms with E-state index < -0.39 is 30.4 Å². The Labute approximate surface area is 267 Å². The van der Waals surface area contributed by atoms with Crippen LogP contribution in [0.1, 0.15) is 68.7 Å². The predicted molar refractivity (Wildman–Crippen MR) is 169 cm³/mol. The molecule has 0 bridgehead atoms. The predicted octanol–water partition coefficient (Wildman–Crippen LogP) is 3.42. The monoisotopic (exact) mass is 644 g/mol. The van der Waals surface area contributed by atoms with Gasteiger partial charge in [0.1, 0.15) is 24.4 Å². The van der Waals surface area contributed by atoms with E-state index in [9.17, 15) is 33.1 Å². The fraction of sp³-hybridized carbons (Fsp3) is 0.647. The van der Waals surface area contributed by atoms with Gasteiger partial charge < -0.3 is 19.0 Å². The number of carbonyl (C=O) groups excluding carboxylic acids is 1. The van der Waals surface area contributed by atoms with E-state index in [0.29, 0.717) is 63.9 Å². The van der Waals surface area contributed by atoms with Crippen LogP contribution < -0.4 is 11.1 Å². The summed E-state index contributed by atoms with van der Waals surface area (Å²) >= 11 is 0. The molecule has 2 saturated carbocycles. The first-order valence-corrected chi connectivity index (χ1v) is 16.6. The molecule has 2 saturated heterocycles. The van der Waals surface area contributed by atoms with Crippen LogP contribution in [0, 0.1) is 11.8 Å². The molecule has 12 heteroatoms. The van der Waals surface area contributed by atoms with Crippen molar-refractivity contribution in [1.29, 1.82) is 0 Å². The molecule has 2 aliphatic heterocycles. The van der Waals surface area contributed by atoms with Crippen LogP contribution in [0.4, 0.5) is 8.78 Å². The Morgan fingerprint density at radius 1 is 0.783 bits per heavy atom. The quantitative estimate of drug-likeness (QED) is 0.294. The molecular weight excluding hydrogens is 598 g/mol. The average molecular weight is 645 g/mol. The number of hydrogen-bond donors (Lipinski definition) is 1. The topological polar surface area (TPSA) is 114 Å². The van der Waals surface area contributed by atoms with Crippen molar-refractivity contribution in [2.75, 3.05) is 45.9 Å². The molecule has 2 unspecified atom stereocenters. The van der Waals surface area contributed by atoms with Crippen LogP contribution in [-0.2, 0) is 27.2 Å². The van der Waals surface area contributed by atoms with Crippen molar-refractivity contribution in [3.8, 4) is 0 Å². The number of rotatable bonds is 15. The van der Waals surface area contributed by atoms with Crippen molar-refractivity contribution in [1.82, 2.24) is 18.9 Å². The van der Waals surface area contributed by atoms with E-state index in [1.165, 1.54) is 21.3 Å². The minimum Gasteiger partial charge on any atom is -0.480 e. The second-order valence-electron chi connectivity index (χ2n) is 13.3. The molecule has 252 valence electrons. The Morgan fingerprint density at radius 2 is 1.22 bits per heavy atom. The third-order valence-electron chi connectivity index (χ3n) is 9.28. The minimum atomic E-state index is -0.950. The first-order chi connectivity index (χ1) is 22.1. The SMILES string of the molecule is CCOC(=O)C(CC1CC1)n1cc(CCN2CC(F)C2)ccc1=O.O=C(O)C(CC1CC1)n1cc(CCN2CC(F)C2)ccc1=O. The fourth-order valence-corrected chi connectivity index (χ4v) is 6.07. The van der Waals surface area contributed by atoms with Crippen LogP contribution in [-0.4, -0.2) is 94.2 Å². The molecule has 2 aliphatic carbocycles. The Balaban J connectivity index is 0.000000182. The number of carbonyl (C=O) groups is 2. The maximum Gasteiger partial charge on any atom is 0.329 e. The first kappa shape index (κ1) is 34.0. The van der Waals surface area contributed by atoms with Gasteiger partial charge in [-0.15, -0.1) is 0 Å². The highest BCUT2D eigenvalue weighted by Crippen LogP contribution is 2.37. The molecule has 0 radical (unpaired) electrons. The van der Waals surface area contributed by atoms with Gasteiger partial charge in [0.05, 0.1) is 6.61 Å². The summed E-state index contributed by atoms with van der Waals surface area (Å²) in [6, 6.07) is 5.17. The third kappa shape index (κ3) is 9.57. The number of likely N-dealkylation sites (tertiary alicyclic amines) is 2. The molecule has 4 fully saturated rings. The molecule has 2 aromatic rings. The lowest BCUT2D eigenvalue weighted by atomic mass is 10.1. The van der Waals surface area contributed by atoms with Crippen molar-refractivity contribution in [2.24, 2.45) is 11.8 Å². The van der Waals surface area contributed by atoms with Gasteiger partial charge in [0.2, 0.25) is 0 Å². The van der Waals surface area contributed by atoms with E-state index in [1.54, 1.807) is 31.5 Å². The zero-order chi connectivity index (χ0) is 32.8. The van der Waals surface area contributed by atoms with Crippen LogP contribution in [0.2, 0.25) is 0 Å². The zero-order valence-electron chi connectivity index (χ0n) is 26.6. The Morgan fingerprint density at radius 3 is 1.61 bits per heavy atom. The minimum absolute atomic E-state index is 0.176. The van der Waals surface area contributed by atoms with E-state index in [2.05, 4.69) is 0 Å². The first-order valence-electron chi connectivity index (χ1n) is 16.6. The average Bonchev–Trinajstić information content (AvgIpc) is 3.92. The highest BCUT2D eigenvalue weighted by atomic mass is 19.1. The number of pyridine rings is 2. The van der Waals surface area contributed by atoms with Gasteiger partial charge in [-0.25, -0.2) is 18.4 Å². The van der Waals surface area contributed by atoms with Crippen LogP contribution in [0.25, 0.3) is 0 Å². The highest BCUT2D eigenvalue weighted by molar-refractivity contribution is 5.74. The molecule has 2 aromatic heterocycles. The molecule has 1 N–H and O–H groups in total. The van der Waals surface area contributed by atoms with E-state index >= 15 is 0 Å². The summed E-state index contributed by atoms with van der Waals surface area (Å²) in [6.07, 6.45) is 8.98. The summed E-state index contributed by atoms with van der Waals surface area (Å²) < 4.78 is 33.7. The van der Waals surface area contributed by atoms with Crippen LogP contribution in [0.3, 0.4) is 0 Å². The molecule has 4 aliphatic rings. The largest absolute Gasteiger partial charge is 0.480 e. The normalized spacial score (nSPS) is 20.2. The molecule has 10 nitrogen and oxygen atoms in total. The van der Waals surface area contributed by atoms with Gasteiger partial charge in [0, 0.05) is 63.8 Å². The molecular formula is C34H46F2N4O6. The molecule has 46 heavy (non-hydrogen) atoms. The molecule has 0 amide bonds. The van der Waals surface area contributed by atoms with Crippen molar-refractivity contribution in [3.63, 3.8) is 0 Å². The lowest BCUT2D eigenvalue weighted by Crippen LogP contribution is -2.48. The van der Waals surface area contributed by atoms with E-state index in [4.69, 9.17) is 4.74 Å². The van der Waals surface area contributed by atoms with Gasteiger partial charge in [-0.3, -0.25) is 19.4 Å². The van der Waals surface area contributed by atoms with Gasteiger partial charge >= 0.3 is 11.9 Å². The number of esters is 1. The van der Waals surface area contributed by atoms with E-state index in [1.807, 2.05) is 9.80 Å². The molecule has 2 atom stereocenters. The fourth-order valence-electron chi connectivity index (χ4n) is 6.07. The van der Waals surface area contributed by atoms with E-state index in [-0.39, 0.29) is 17.1 Å². The summed E-state index contributed by atoms with van der Waals surface area (Å²) in [6.45, 7) is 5.52. The third-order valence-corrected chi connectivity index (χ3v) is 9.28. The second-order valence-corrected chi connectivity index (χ2v) is 13.3. The lowest BCUT2D eigenvalue weighted by molar-refractivity contribution is -0.147. The Kier molecular flexibility index (Phi) is 11.4. The van der Waals surface area contributed by atoms with Crippen LogP contribution in [0.15, 0.2) is 46.2 Å². The van der Waals surface area contributed by atoms with Crippen molar-refractivity contribution in [2.45, 2.75) is 82.7 Å². The summed E-state index contributed by atoms with van der Waals surface area (Å²) in [7, 11) is 0. The zero-order valence-corrected chi connectivity index (χ0v) is 26.6. The summed E-state index contributed by atoms with van der Waals surface area (Å²) in [5, 5.41) is 9.40. The maximum absolute atomic E-state index is 12.9. The number of alkyl halides is 2. The molecule has 0 spiro atoms. The summed E-state index contributed by atoms with van der Waals surface area (Å²) in [4.78, 5) is 52.1. The second kappa shape index (κ2) is 15.5. The van der Waals surface area contributed by atoms with Crippen LogP contribution >= 0.6 is 0 Å². The molecule has 6 rings (SSSR count). The number of carboxylic acid groups (broad SMARTS) is 1. The Hall–Kier alpha value is -3.38. The summed E-state index contributed by atoms with van der Waals surface area (Å²) in [5.74, 6) is -0.336. The van der Waals surface area contributed by atoms with Crippen molar-refractivity contribution in [3.05, 3.63) is 68.5 Å². The highest BCUT2D eigenvalue weighted by Gasteiger charge is 2.33. The number of ether oxygens (including phenoxy) is 1. The molecule has 0 aromatic carbocycles. The van der Waals surface area contributed by atoms with Crippen molar-refractivity contribution < 1.29 is 28.2 Å². The Bertz CT molecular complexity index is 1460. The smallest absolute Gasteiger partial charge is 0.329 e. The maximum atomic E-state index is 12.9. The number of carboxylic acids is 1. The number of halogens is 2. The number of hydrogen-bond acceptors (Lipinski definition) is 7. The van der Waals surface area contributed by atoms with Gasteiger partial charge in [0.25, 0.3) is 11.1 Å². The van der Waals surface area contributed by atoms with Crippen LogP contribution in [0.5, 0.6) is 0 Å². The van der Waals surface area contributed by atoms with Crippen molar-refractivity contribution >= 4 is 11.9 Å². The number of nitrogens with zero attached hydrogens (tertiary/aromatic N) is 4. The van der Waals surface area contributed by atoms with Gasteiger partial charge in [-0.1, -0.05) is 37.8 Å².